The molecule has 0 unspecified atom stereocenters. The number of carbonyl (C=O) groups is 1. The average Bonchev–Trinajstić information content (AvgIpc) is 2.84. The first-order chi connectivity index (χ1) is 16.3. The van der Waals surface area contributed by atoms with E-state index in [1.807, 2.05) is 24.3 Å². The Morgan fingerprint density at radius 3 is 2.65 bits per heavy atom. The minimum atomic E-state index is -4.42. The lowest BCUT2D eigenvalue weighted by molar-refractivity contribution is -0.137. The molecule has 0 radical (unpaired) electrons. The molecule has 9 heteroatoms. The maximum Gasteiger partial charge on any atom is 0.416 e. The summed E-state index contributed by atoms with van der Waals surface area (Å²) in [5, 5.41) is 2.96. The van der Waals surface area contributed by atoms with Gasteiger partial charge in [-0.15, -0.1) is 0 Å². The summed E-state index contributed by atoms with van der Waals surface area (Å²) >= 11 is 0. The summed E-state index contributed by atoms with van der Waals surface area (Å²) in [6.45, 7) is 2.81. The van der Waals surface area contributed by atoms with Crippen molar-refractivity contribution < 1.29 is 27.4 Å². The molecule has 0 spiro atoms. The Labute approximate surface area is 197 Å². The molecule has 2 aromatic rings. The Bertz CT molecular complexity index is 1010. The molecule has 2 heterocycles. The first-order valence-corrected chi connectivity index (χ1v) is 11.4. The number of piperazine rings is 1. The van der Waals surface area contributed by atoms with Gasteiger partial charge in [-0.1, -0.05) is 12.1 Å². The number of carbonyl (C=O) groups excluding carboxylic acids is 1. The number of amides is 1. The quantitative estimate of drug-likeness (QED) is 0.616. The van der Waals surface area contributed by atoms with Crippen LogP contribution in [0.15, 0.2) is 42.5 Å². The zero-order valence-corrected chi connectivity index (χ0v) is 19.4. The van der Waals surface area contributed by atoms with E-state index in [9.17, 15) is 18.0 Å². The molecule has 2 aliphatic heterocycles. The van der Waals surface area contributed by atoms with Crippen molar-refractivity contribution in [3.63, 3.8) is 0 Å². The molecule has 2 aliphatic rings. The molecule has 0 aromatic heterocycles. The van der Waals surface area contributed by atoms with E-state index in [2.05, 4.69) is 15.1 Å². The van der Waals surface area contributed by atoms with Gasteiger partial charge in [0.15, 0.2) is 0 Å². The largest absolute Gasteiger partial charge is 0.495 e. The summed E-state index contributed by atoms with van der Waals surface area (Å²) in [7, 11) is 3.23. The molecule has 1 N–H and O–H groups in total. The molecule has 4 rings (SSSR count). The number of halogens is 3. The number of rotatable bonds is 7. The highest BCUT2D eigenvalue weighted by Crippen LogP contribution is 2.41. The molecule has 1 amide bonds. The predicted octanol–water partition coefficient (Wildman–Crippen LogP) is 3.73. The molecule has 1 fully saturated rings. The molecule has 0 saturated carbocycles. The number of nitrogens with zero attached hydrogens (tertiary/aromatic N) is 2. The van der Waals surface area contributed by atoms with Crippen molar-refractivity contribution in [3.8, 4) is 5.75 Å². The maximum atomic E-state index is 13.4. The van der Waals surface area contributed by atoms with Crippen LogP contribution in [0.3, 0.4) is 0 Å². The van der Waals surface area contributed by atoms with Crippen molar-refractivity contribution in [1.82, 2.24) is 5.32 Å². The van der Waals surface area contributed by atoms with Crippen molar-refractivity contribution in [3.05, 3.63) is 53.6 Å². The van der Waals surface area contributed by atoms with Crippen LogP contribution >= 0.6 is 0 Å². The van der Waals surface area contributed by atoms with E-state index in [4.69, 9.17) is 9.47 Å². The SMILES string of the molecule is COCCCNC(=O)[C@H]1Cc2cc(C(F)(F)F)ccc2N2CCN(c3ccccc3OC)C[C@@H]12. The monoisotopic (exact) mass is 477 g/mol. The number of methoxy groups -OCH3 is 2. The highest BCUT2D eigenvalue weighted by molar-refractivity contribution is 5.82. The summed E-state index contributed by atoms with van der Waals surface area (Å²) in [5.74, 6) is 0.134. The molecule has 34 heavy (non-hydrogen) atoms. The summed E-state index contributed by atoms with van der Waals surface area (Å²) < 4.78 is 50.7. The first-order valence-electron chi connectivity index (χ1n) is 11.4. The van der Waals surface area contributed by atoms with E-state index in [0.29, 0.717) is 44.8 Å². The van der Waals surface area contributed by atoms with Crippen LogP contribution in [-0.2, 0) is 22.1 Å². The summed E-state index contributed by atoms with van der Waals surface area (Å²) in [5.41, 5.74) is 1.61. The van der Waals surface area contributed by atoms with Crippen LogP contribution in [0.4, 0.5) is 24.5 Å². The maximum absolute atomic E-state index is 13.4. The average molecular weight is 478 g/mol. The molecule has 1 saturated heterocycles. The number of nitrogens with one attached hydrogen (secondary N) is 1. The van der Waals surface area contributed by atoms with Crippen molar-refractivity contribution in [2.24, 2.45) is 5.92 Å². The minimum absolute atomic E-state index is 0.143. The Hall–Kier alpha value is -2.94. The van der Waals surface area contributed by atoms with Crippen LogP contribution in [0, 0.1) is 5.92 Å². The molecule has 184 valence electrons. The van der Waals surface area contributed by atoms with Crippen LogP contribution in [0.1, 0.15) is 17.5 Å². The van der Waals surface area contributed by atoms with E-state index >= 15 is 0 Å². The molecular formula is C25H30F3N3O3. The van der Waals surface area contributed by atoms with E-state index in [0.717, 1.165) is 23.2 Å². The molecule has 0 bridgehead atoms. The number of fused-ring (bicyclic) bond motifs is 3. The number of anilines is 2. The third-order valence-electron chi connectivity index (χ3n) is 6.63. The molecule has 2 aromatic carbocycles. The van der Waals surface area contributed by atoms with Gasteiger partial charge < -0.3 is 24.6 Å². The fourth-order valence-electron chi connectivity index (χ4n) is 4.97. The van der Waals surface area contributed by atoms with Gasteiger partial charge in [-0.3, -0.25) is 4.79 Å². The smallest absolute Gasteiger partial charge is 0.416 e. The van der Waals surface area contributed by atoms with E-state index in [1.165, 1.54) is 6.07 Å². The second-order valence-corrected chi connectivity index (χ2v) is 8.67. The van der Waals surface area contributed by atoms with E-state index < -0.39 is 17.7 Å². The van der Waals surface area contributed by atoms with Crippen molar-refractivity contribution >= 4 is 17.3 Å². The number of benzene rings is 2. The fourth-order valence-corrected chi connectivity index (χ4v) is 4.97. The first kappa shape index (κ1) is 24.2. The van der Waals surface area contributed by atoms with E-state index in [-0.39, 0.29) is 18.4 Å². The number of alkyl halides is 3. The Kier molecular flexibility index (Phi) is 7.21. The summed E-state index contributed by atoms with van der Waals surface area (Å²) in [6, 6.07) is 11.4. The van der Waals surface area contributed by atoms with Crippen molar-refractivity contribution in [2.45, 2.75) is 25.1 Å². The zero-order valence-electron chi connectivity index (χ0n) is 19.4. The zero-order chi connectivity index (χ0) is 24.3. The molecule has 6 nitrogen and oxygen atoms in total. The normalized spacial score (nSPS) is 19.9. The predicted molar refractivity (Wildman–Crippen MR) is 124 cm³/mol. The number of hydrogen-bond acceptors (Lipinski definition) is 5. The van der Waals surface area contributed by atoms with Crippen molar-refractivity contribution in [1.29, 1.82) is 0 Å². The topological polar surface area (TPSA) is 54.0 Å². The Morgan fingerprint density at radius 2 is 1.91 bits per heavy atom. The Balaban J connectivity index is 1.64. The van der Waals surface area contributed by atoms with Gasteiger partial charge in [0.2, 0.25) is 5.91 Å². The Morgan fingerprint density at radius 1 is 1.12 bits per heavy atom. The lowest BCUT2D eigenvalue weighted by Crippen LogP contribution is -2.61. The summed E-state index contributed by atoms with van der Waals surface area (Å²) in [4.78, 5) is 17.5. The van der Waals surface area contributed by atoms with Crippen LogP contribution in [0.2, 0.25) is 0 Å². The van der Waals surface area contributed by atoms with Gasteiger partial charge in [0.1, 0.15) is 5.75 Å². The third kappa shape index (κ3) is 4.94. The second-order valence-electron chi connectivity index (χ2n) is 8.67. The van der Waals surface area contributed by atoms with Gasteiger partial charge in [-0.05, 0) is 48.7 Å². The highest BCUT2D eigenvalue weighted by Gasteiger charge is 2.43. The van der Waals surface area contributed by atoms with Crippen LogP contribution < -0.4 is 19.9 Å². The molecule has 0 aliphatic carbocycles. The lowest BCUT2D eigenvalue weighted by Gasteiger charge is -2.49. The number of ether oxygens (including phenoxy) is 2. The minimum Gasteiger partial charge on any atom is -0.495 e. The molecular weight excluding hydrogens is 447 g/mol. The second kappa shape index (κ2) is 10.1. The standard InChI is InChI=1S/C25H30F3N3O3/c1-33-13-5-10-29-24(32)19-15-17-14-18(25(26,27)28)8-9-20(17)31-12-11-30(16-22(19)31)21-6-3-4-7-23(21)34-2/h3-4,6-9,14,19,22H,5,10-13,15-16H2,1-2H3,(H,29,32)/t19-,22-/m0/s1. The van der Waals surface area contributed by atoms with Gasteiger partial charge in [0.25, 0.3) is 0 Å². The van der Waals surface area contributed by atoms with Gasteiger partial charge in [0, 0.05) is 45.6 Å². The van der Waals surface area contributed by atoms with Crippen LogP contribution in [0.25, 0.3) is 0 Å². The van der Waals surface area contributed by atoms with Crippen LogP contribution in [-0.4, -0.2) is 59.0 Å². The number of hydrogen-bond donors (Lipinski definition) is 1. The lowest BCUT2D eigenvalue weighted by atomic mass is 9.82. The van der Waals surface area contributed by atoms with Gasteiger partial charge >= 0.3 is 6.18 Å². The fraction of sp³-hybridized carbons (Fsp3) is 0.480. The third-order valence-corrected chi connectivity index (χ3v) is 6.63. The van der Waals surface area contributed by atoms with E-state index in [1.54, 1.807) is 20.3 Å². The molecule has 2 atom stereocenters. The summed E-state index contributed by atoms with van der Waals surface area (Å²) in [6.07, 6.45) is -3.49. The van der Waals surface area contributed by atoms with Gasteiger partial charge in [0.05, 0.1) is 30.3 Å². The number of para-hydroxylation sites is 2. The highest BCUT2D eigenvalue weighted by atomic mass is 19.4. The van der Waals surface area contributed by atoms with Gasteiger partial charge in [-0.2, -0.15) is 13.2 Å². The van der Waals surface area contributed by atoms with Gasteiger partial charge in [-0.25, -0.2) is 0 Å². The van der Waals surface area contributed by atoms with Crippen LogP contribution in [0.5, 0.6) is 5.75 Å². The van der Waals surface area contributed by atoms with Crippen molar-refractivity contribution in [2.75, 3.05) is 56.8 Å².